The number of nitriles is 1. The molecule has 20 heavy (non-hydrogen) atoms. The maximum Gasteiger partial charge on any atom is 0.101 e. The van der Waals surface area contributed by atoms with Gasteiger partial charge in [-0.05, 0) is 35.9 Å². The molecule has 2 aromatic carbocycles. The van der Waals surface area contributed by atoms with E-state index in [1.165, 1.54) is 0 Å². The molecule has 0 amide bonds. The van der Waals surface area contributed by atoms with Gasteiger partial charge in [-0.15, -0.1) is 0 Å². The fourth-order valence-electron chi connectivity index (χ4n) is 1.76. The monoisotopic (exact) mass is 350 g/mol. The second-order valence-electron chi connectivity index (χ2n) is 4.26. The Bertz CT molecular complexity index is 655. The lowest BCUT2D eigenvalue weighted by atomic mass is 10.1. The van der Waals surface area contributed by atoms with Gasteiger partial charge in [0.05, 0.1) is 16.7 Å². The Balaban J connectivity index is 2.02. The van der Waals surface area contributed by atoms with E-state index >= 15 is 0 Å². The number of rotatable bonds is 4. The second-order valence-corrected chi connectivity index (χ2v) is 5.58. The van der Waals surface area contributed by atoms with E-state index in [1.54, 1.807) is 18.2 Å². The van der Waals surface area contributed by atoms with Crippen molar-refractivity contribution in [2.45, 2.75) is 6.10 Å². The van der Waals surface area contributed by atoms with Crippen molar-refractivity contribution in [2.75, 3.05) is 11.9 Å². The summed E-state index contributed by atoms with van der Waals surface area (Å²) >= 11 is 9.32. The minimum atomic E-state index is -0.623. The third kappa shape index (κ3) is 3.73. The number of hydrogen-bond donors (Lipinski definition) is 2. The molecule has 2 N–H and O–H groups in total. The van der Waals surface area contributed by atoms with Crippen molar-refractivity contribution in [1.29, 1.82) is 5.26 Å². The summed E-state index contributed by atoms with van der Waals surface area (Å²) in [6.45, 7) is 0.360. The van der Waals surface area contributed by atoms with Crippen molar-refractivity contribution >= 4 is 33.2 Å². The van der Waals surface area contributed by atoms with Gasteiger partial charge >= 0.3 is 0 Å². The van der Waals surface area contributed by atoms with Crippen LogP contribution in [-0.2, 0) is 0 Å². The number of anilines is 1. The summed E-state index contributed by atoms with van der Waals surface area (Å²) in [5, 5.41) is 22.4. The van der Waals surface area contributed by atoms with Gasteiger partial charge in [-0.1, -0.05) is 39.7 Å². The molecule has 0 heterocycles. The molecule has 1 atom stereocenters. The minimum Gasteiger partial charge on any atom is -0.387 e. The van der Waals surface area contributed by atoms with Crippen LogP contribution in [0.2, 0.25) is 5.02 Å². The van der Waals surface area contributed by atoms with Crippen LogP contribution in [0, 0.1) is 11.3 Å². The summed E-state index contributed by atoms with van der Waals surface area (Å²) in [5.41, 5.74) is 2.03. The topological polar surface area (TPSA) is 56.0 Å². The second kappa shape index (κ2) is 6.76. The van der Waals surface area contributed by atoms with Gasteiger partial charge in [0.25, 0.3) is 0 Å². The SMILES string of the molecule is N#Cc1ccc(NCC(O)c2cccc(Br)c2)cc1Cl. The van der Waals surface area contributed by atoms with Crippen LogP contribution in [0.15, 0.2) is 46.9 Å². The summed E-state index contributed by atoms with van der Waals surface area (Å²) in [4.78, 5) is 0. The lowest BCUT2D eigenvalue weighted by Crippen LogP contribution is -2.12. The maximum absolute atomic E-state index is 10.1. The Morgan fingerprint density at radius 3 is 2.75 bits per heavy atom. The quantitative estimate of drug-likeness (QED) is 0.871. The molecule has 0 aromatic heterocycles. The molecule has 0 radical (unpaired) electrons. The van der Waals surface area contributed by atoms with E-state index in [2.05, 4.69) is 21.2 Å². The summed E-state index contributed by atoms with van der Waals surface area (Å²) < 4.78 is 0.926. The van der Waals surface area contributed by atoms with Crippen molar-refractivity contribution in [3.8, 4) is 6.07 Å². The number of aliphatic hydroxyl groups is 1. The number of hydrogen-bond acceptors (Lipinski definition) is 3. The van der Waals surface area contributed by atoms with Gasteiger partial charge in [0.15, 0.2) is 0 Å². The molecular weight excluding hydrogens is 340 g/mol. The number of nitrogens with one attached hydrogen (secondary N) is 1. The van der Waals surface area contributed by atoms with Crippen molar-refractivity contribution in [3.63, 3.8) is 0 Å². The van der Waals surface area contributed by atoms with Crippen LogP contribution >= 0.6 is 27.5 Å². The van der Waals surface area contributed by atoms with E-state index in [0.29, 0.717) is 17.1 Å². The van der Waals surface area contributed by atoms with Crippen LogP contribution in [0.4, 0.5) is 5.69 Å². The van der Waals surface area contributed by atoms with Gasteiger partial charge in [0.2, 0.25) is 0 Å². The number of halogens is 2. The summed E-state index contributed by atoms with van der Waals surface area (Å²) in [7, 11) is 0. The normalized spacial score (nSPS) is 11.7. The van der Waals surface area contributed by atoms with Crippen molar-refractivity contribution in [1.82, 2.24) is 0 Å². The van der Waals surface area contributed by atoms with Gasteiger partial charge in [0, 0.05) is 16.7 Å². The Labute approximate surface area is 130 Å². The molecule has 0 fully saturated rings. The van der Waals surface area contributed by atoms with E-state index in [9.17, 15) is 5.11 Å². The molecule has 3 nitrogen and oxygen atoms in total. The van der Waals surface area contributed by atoms with Gasteiger partial charge < -0.3 is 10.4 Å². The smallest absolute Gasteiger partial charge is 0.101 e. The molecule has 0 bridgehead atoms. The Morgan fingerprint density at radius 1 is 1.30 bits per heavy atom. The van der Waals surface area contributed by atoms with Crippen LogP contribution < -0.4 is 5.32 Å². The Morgan fingerprint density at radius 2 is 2.10 bits per heavy atom. The molecule has 5 heteroatoms. The lowest BCUT2D eigenvalue weighted by molar-refractivity contribution is 0.191. The zero-order valence-electron chi connectivity index (χ0n) is 10.5. The van der Waals surface area contributed by atoms with Gasteiger partial charge in [-0.2, -0.15) is 5.26 Å². The summed E-state index contributed by atoms with van der Waals surface area (Å²) in [5.74, 6) is 0. The summed E-state index contributed by atoms with van der Waals surface area (Å²) in [6.07, 6.45) is -0.623. The van der Waals surface area contributed by atoms with E-state index in [0.717, 1.165) is 15.7 Å². The zero-order chi connectivity index (χ0) is 14.5. The third-order valence-electron chi connectivity index (χ3n) is 2.82. The van der Waals surface area contributed by atoms with Crippen molar-refractivity contribution in [3.05, 3.63) is 63.1 Å². The highest BCUT2D eigenvalue weighted by Crippen LogP contribution is 2.22. The first-order valence-electron chi connectivity index (χ1n) is 5.97. The fraction of sp³-hybridized carbons (Fsp3) is 0.133. The highest BCUT2D eigenvalue weighted by molar-refractivity contribution is 9.10. The van der Waals surface area contributed by atoms with E-state index < -0.39 is 6.10 Å². The average Bonchev–Trinajstić information content (AvgIpc) is 2.45. The molecule has 102 valence electrons. The van der Waals surface area contributed by atoms with Crippen LogP contribution in [0.3, 0.4) is 0 Å². The number of benzene rings is 2. The maximum atomic E-state index is 10.1. The molecule has 0 saturated heterocycles. The summed E-state index contributed by atoms with van der Waals surface area (Å²) in [6, 6.07) is 14.6. The standard InChI is InChI=1S/C15H12BrClN2O/c16-12-3-1-2-10(6-12)15(20)9-19-13-5-4-11(8-18)14(17)7-13/h1-7,15,19-20H,9H2. The molecule has 0 spiro atoms. The fourth-order valence-corrected chi connectivity index (χ4v) is 2.40. The molecule has 0 aliphatic carbocycles. The van der Waals surface area contributed by atoms with Crippen LogP contribution in [0.1, 0.15) is 17.2 Å². The van der Waals surface area contributed by atoms with Crippen molar-refractivity contribution < 1.29 is 5.11 Å². The third-order valence-corrected chi connectivity index (χ3v) is 3.63. The van der Waals surface area contributed by atoms with E-state index in [1.807, 2.05) is 30.3 Å². The highest BCUT2D eigenvalue weighted by atomic mass is 79.9. The number of aliphatic hydroxyl groups excluding tert-OH is 1. The predicted octanol–water partition coefficient (Wildman–Crippen LogP) is 4.12. The largest absolute Gasteiger partial charge is 0.387 e. The van der Waals surface area contributed by atoms with E-state index in [4.69, 9.17) is 16.9 Å². The Hall–Kier alpha value is -1.54. The zero-order valence-corrected chi connectivity index (χ0v) is 12.8. The average molecular weight is 352 g/mol. The van der Waals surface area contributed by atoms with Crippen molar-refractivity contribution in [2.24, 2.45) is 0 Å². The van der Waals surface area contributed by atoms with Crippen LogP contribution in [-0.4, -0.2) is 11.7 Å². The minimum absolute atomic E-state index is 0.360. The molecule has 0 aliphatic rings. The lowest BCUT2D eigenvalue weighted by Gasteiger charge is -2.14. The van der Waals surface area contributed by atoms with E-state index in [-0.39, 0.29) is 0 Å². The predicted molar refractivity (Wildman–Crippen MR) is 83.8 cm³/mol. The highest BCUT2D eigenvalue weighted by Gasteiger charge is 2.08. The molecule has 0 aliphatic heterocycles. The Kier molecular flexibility index (Phi) is 5.02. The first-order valence-corrected chi connectivity index (χ1v) is 7.14. The molecular formula is C15H12BrClN2O. The molecule has 1 unspecified atom stereocenters. The van der Waals surface area contributed by atoms with Gasteiger partial charge in [0.1, 0.15) is 6.07 Å². The van der Waals surface area contributed by atoms with Gasteiger partial charge in [-0.3, -0.25) is 0 Å². The molecule has 0 saturated carbocycles. The van der Waals surface area contributed by atoms with Crippen LogP contribution in [0.25, 0.3) is 0 Å². The first kappa shape index (κ1) is 14.9. The number of nitrogens with zero attached hydrogens (tertiary/aromatic N) is 1. The van der Waals surface area contributed by atoms with Gasteiger partial charge in [-0.25, -0.2) is 0 Å². The van der Waals surface area contributed by atoms with Crippen LogP contribution in [0.5, 0.6) is 0 Å². The molecule has 2 aromatic rings. The molecule has 2 rings (SSSR count). The first-order chi connectivity index (χ1) is 9.60.